The van der Waals surface area contributed by atoms with E-state index in [1.807, 2.05) is 0 Å². The number of nitro benzene ring substituents is 1. The standard InChI is InChI=1S/C19H23N3O5/c1-13(26-17(23)12-7-14-5-3-2-4-6-14)18-20-21-19(27-18)15-8-10-16(11-9-15)22(24)25/h8-11,13-14H,2-7,12H2,1H3/t13-/m0/s1. The van der Waals surface area contributed by atoms with Gasteiger partial charge in [0.2, 0.25) is 5.89 Å². The van der Waals surface area contributed by atoms with Crippen LogP contribution in [0.3, 0.4) is 0 Å². The molecule has 27 heavy (non-hydrogen) atoms. The average molecular weight is 373 g/mol. The van der Waals surface area contributed by atoms with E-state index in [1.165, 1.54) is 56.4 Å². The SMILES string of the molecule is C[C@H](OC(=O)CCC1CCCCC1)c1nnc(-c2ccc([N+](=O)[O-])cc2)o1. The molecular formula is C19H23N3O5. The Labute approximate surface area is 157 Å². The molecule has 0 saturated heterocycles. The molecule has 1 atom stereocenters. The summed E-state index contributed by atoms with van der Waals surface area (Å²) in [7, 11) is 0. The second kappa shape index (κ2) is 8.75. The minimum Gasteiger partial charge on any atom is -0.453 e. The van der Waals surface area contributed by atoms with E-state index in [1.54, 1.807) is 6.92 Å². The highest BCUT2D eigenvalue weighted by molar-refractivity contribution is 5.69. The third-order valence-electron chi connectivity index (χ3n) is 4.90. The Morgan fingerprint density at radius 3 is 2.63 bits per heavy atom. The zero-order valence-electron chi connectivity index (χ0n) is 15.3. The van der Waals surface area contributed by atoms with Gasteiger partial charge in [0.05, 0.1) is 4.92 Å². The van der Waals surface area contributed by atoms with Gasteiger partial charge in [-0.05, 0) is 31.4 Å². The lowest BCUT2D eigenvalue weighted by Gasteiger charge is -2.21. The second-order valence-corrected chi connectivity index (χ2v) is 6.92. The number of nitrogens with zero attached hydrogens (tertiary/aromatic N) is 3. The summed E-state index contributed by atoms with van der Waals surface area (Å²) in [6, 6.07) is 5.81. The zero-order chi connectivity index (χ0) is 19.2. The molecular weight excluding hydrogens is 350 g/mol. The molecule has 8 nitrogen and oxygen atoms in total. The predicted octanol–water partition coefficient (Wildman–Crippen LogP) is 4.61. The summed E-state index contributed by atoms with van der Waals surface area (Å²) in [4.78, 5) is 22.3. The van der Waals surface area contributed by atoms with Crippen molar-refractivity contribution in [1.82, 2.24) is 10.2 Å². The first-order chi connectivity index (χ1) is 13.0. The molecule has 1 aliphatic rings. The number of hydrogen-bond donors (Lipinski definition) is 0. The van der Waals surface area contributed by atoms with Crippen molar-refractivity contribution < 1.29 is 18.9 Å². The van der Waals surface area contributed by atoms with Gasteiger partial charge in [0.1, 0.15) is 0 Å². The van der Waals surface area contributed by atoms with Gasteiger partial charge in [-0.2, -0.15) is 0 Å². The number of nitro groups is 1. The third kappa shape index (κ3) is 5.12. The van der Waals surface area contributed by atoms with Crippen molar-refractivity contribution in [2.24, 2.45) is 5.92 Å². The topological polar surface area (TPSA) is 108 Å². The van der Waals surface area contributed by atoms with E-state index in [0.717, 1.165) is 6.42 Å². The van der Waals surface area contributed by atoms with Gasteiger partial charge < -0.3 is 9.15 Å². The fourth-order valence-electron chi connectivity index (χ4n) is 3.35. The highest BCUT2D eigenvalue weighted by atomic mass is 16.6. The molecule has 0 radical (unpaired) electrons. The van der Waals surface area contributed by atoms with Crippen LogP contribution in [0.15, 0.2) is 28.7 Å². The molecule has 1 heterocycles. The van der Waals surface area contributed by atoms with E-state index in [2.05, 4.69) is 10.2 Å². The van der Waals surface area contributed by atoms with Gasteiger partial charge in [0.15, 0.2) is 6.10 Å². The van der Waals surface area contributed by atoms with Crippen LogP contribution in [0.5, 0.6) is 0 Å². The van der Waals surface area contributed by atoms with Crippen LogP contribution in [0.25, 0.3) is 11.5 Å². The van der Waals surface area contributed by atoms with Crippen molar-refractivity contribution in [2.45, 2.75) is 58.0 Å². The van der Waals surface area contributed by atoms with Gasteiger partial charge >= 0.3 is 5.97 Å². The lowest BCUT2D eigenvalue weighted by atomic mass is 9.86. The molecule has 0 unspecified atom stereocenters. The highest BCUT2D eigenvalue weighted by Crippen LogP contribution is 2.28. The molecule has 144 valence electrons. The van der Waals surface area contributed by atoms with Crippen molar-refractivity contribution in [2.75, 3.05) is 0 Å². The summed E-state index contributed by atoms with van der Waals surface area (Å²) < 4.78 is 11.0. The highest BCUT2D eigenvalue weighted by Gasteiger charge is 2.21. The van der Waals surface area contributed by atoms with Gasteiger partial charge in [0, 0.05) is 24.1 Å². The fraction of sp³-hybridized carbons (Fsp3) is 0.526. The predicted molar refractivity (Wildman–Crippen MR) is 96.7 cm³/mol. The van der Waals surface area contributed by atoms with E-state index in [-0.39, 0.29) is 23.4 Å². The van der Waals surface area contributed by atoms with Gasteiger partial charge in [0.25, 0.3) is 11.6 Å². The number of carbonyl (C=O) groups is 1. The van der Waals surface area contributed by atoms with Gasteiger partial charge in [-0.1, -0.05) is 32.1 Å². The molecule has 2 aromatic rings. The molecule has 3 rings (SSSR count). The first-order valence-corrected chi connectivity index (χ1v) is 9.30. The van der Waals surface area contributed by atoms with E-state index in [4.69, 9.17) is 9.15 Å². The Balaban J connectivity index is 1.53. The molecule has 0 amide bonds. The third-order valence-corrected chi connectivity index (χ3v) is 4.90. The molecule has 1 aromatic heterocycles. The Bertz CT molecular complexity index is 781. The first-order valence-electron chi connectivity index (χ1n) is 9.30. The van der Waals surface area contributed by atoms with Gasteiger partial charge in [-0.3, -0.25) is 14.9 Å². The normalized spacial score (nSPS) is 16.0. The molecule has 0 spiro atoms. The minimum absolute atomic E-state index is 0.0150. The van der Waals surface area contributed by atoms with E-state index >= 15 is 0 Å². The Morgan fingerprint density at radius 2 is 1.96 bits per heavy atom. The maximum atomic E-state index is 12.1. The largest absolute Gasteiger partial charge is 0.453 e. The van der Waals surface area contributed by atoms with Crippen molar-refractivity contribution in [3.63, 3.8) is 0 Å². The van der Waals surface area contributed by atoms with Crippen LogP contribution in [0.4, 0.5) is 5.69 Å². The maximum Gasteiger partial charge on any atom is 0.306 e. The average Bonchev–Trinajstić information content (AvgIpc) is 3.18. The minimum atomic E-state index is -0.636. The lowest BCUT2D eigenvalue weighted by molar-refractivity contribution is -0.384. The smallest absolute Gasteiger partial charge is 0.306 e. The molecule has 1 aromatic carbocycles. The van der Waals surface area contributed by atoms with Crippen molar-refractivity contribution in [1.29, 1.82) is 0 Å². The van der Waals surface area contributed by atoms with Crippen LogP contribution in [0.2, 0.25) is 0 Å². The van der Waals surface area contributed by atoms with Gasteiger partial charge in [-0.15, -0.1) is 10.2 Å². The quantitative estimate of drug-likeness (QED) is 0.396. The van der Waals surface area contributed by atoms with Crippen LogP contribution in [-0.4, -0.2) is 21.1 Å². The number of ether oxygens (including phenoxy) is 1. The number of hydrogen-bond acceptors (Lipinski definition) is 7. The van der Waals surface area contributed by atoms with Crippen LogP contribution in [-0.2, 0) is 9.53 Å². The number of esters is 1. The van der Waals surface area contributed by atoms with Crippen LogP contribution >= 0.6 is 0 Å². The molecule has 1 saturated carbocycles. The van der Waals surface area contributed by atoms with Crippen LogP contribution in [0.1, 0.15) is 63.9 Å². The number of carbonyl (C=O) groups excluding carboxylic acids is 1. The molecule has 1 fully saturated rings. The molecule has 0 bridgehead atoms. The van der Waals surface area contributed by atoms with Crippen molar-refractivity contribution in [3.8, 4) is 11.5 Å². The van der Waals surface area contributed by atoms with E-state index in [0.29, 0.717) is 17.9 Å². The van der Waals surface area contributed by atoms with Crippen LogP contribution in [0, 0.1) is 16.0 Å². The summed E-state index contributed by atoms with van der Waals surface area (Å²) in [6.45, 7) is 1.69. The number of benzene rings is 1. The molecule has 1 aliphatic carbocycles. The Hall–Kier alpha value is -2.77. The summed E-state index contributed by atoms with van der Waals surface area (Å²) in [5, 5.41) is 18.6. The number of non-ortho nitro benzene ring substituents is 1. The fourth-order valence-corrected chi connectivity index (χ4v) is 3.35. The van der Waals surface area contributed by atoms with Crippen molar-refractivity contribution in [3.05, 3.63) is 40.3 Å². The van der Waals surface area contributed by atoms with E-state index < -0.39 is 11.0 Å². The van der Waals surface area contributed by atoms with Crippen molar-refractivity contribution >= 4 is 11.7 Å². The summed E-state index contributed by atoms with van der Waals surface area (Å²) in [6.07, 6.45) is 6.83. The first kappa shape index (κ1) is 19.0. The summed E-state index contributed by atoms with van der Waals surface area (Å²) in [5.41, 5.74) is 0.550. The Kier molecular flexibility index (Phi) is 6.16. The summed E-state index contributed by atoms with van der Waals surface area (Å²) >= 11 is 0. The molecule has 0 aliphatic heterocycles. The number of rotatable bonds is 7. The molecule has 0 N–H and O–H groups in total. The molecule has 8 heteroatoms. The summed E-state index contributed by atoms with van der Waals surface area (Å²) in [5.74, 6) is 0.793. The maximum absolute atomic E-state index is 12.1. The lowest BCUT2D eigenvalue weighted by Crippen LogP contribution is -2.13. The van der Waals surface area contributed by atoms with Gasteiger partial charge in [-0.25, -0.2) is 0 Å². The van der Waals surface area contributed by atoms with E-state index in [9.17, 15) is 14.9 Å². The zero-order valence-corrected chi connectivity index (χ0v) is 15.3. The van der Waals surface area contributed by atoms with Crippen LogP contribution < -0.4 is 0 Å². The second-order valence-electron chi connectivity index (χ2n) is 6.92. The number of aromatic nitrogens is 2. The monoisotopic (exact) mass is 373 g/mol. The Morgan fingerprint density at radius 1 is 1.26 bits per heavy atom.